The second kappa shape index (κ2) is 6.02. The first-order chi connectivity index (χ1) is 10.1. The smallest absolute Gasteiger partial charge is 0.260 e. The van der Waals surface area contributed by atoms with Crippen LogP contribution in [0, 0.1) is 0 Å². The van der Waals surface area contributed by atoms with Gasteiger partial charge in [-0.2, -0.15) is 4.31 Å². The van der Waals surface area contributed by atoms with Crippen LogP contribution in [0.5, 0.6) is 0 Å². The van der Waals surface area contributed by atoms with Crippen LogP contribution < -0.4 is 5.32 Å². The molecule has 0 aromatic carbocycles. The summed E-state index contributed by atoms with van der Waals surface area (Å²) in [5.41, 5.74) is 1.04. The molecule has 1 aliphatic carbocycles. The van der Waals surface area contributed by atoms with Crippen molar-refractivity contribution in [3.05, 3.63) is 23.9 Å². The number of rotatable bonds is 6. The minimum Gasteiger partial charge on any atom is -0.310 e. The summed E-state index contributed by atoms with van der Waals surface area (Å²) in [7, 11) is -3.43. The van der Waals surface area contributed by atoms with Crippen LogP contribution in [0.15, 0.2) is 23.4 Å². The van der Waals surface area contributed by atoms with E-state index in [0.717, 1.165) is 31.4 Å². The molecule has 21 heavy (non-hydrogen) atoms. The van der Waals surface area contributed by atoms with Gasteiger partial charge in [-0.1, -0.05) is 13.0 Å². The van der Waals surface area contributed by atoms with Gasteiger partial charge in [0.2, 0.25) is 0 Å². The zero-order valence-electron chi connectivity index (χ0n) is 12.5. The van der Waals surface area contributed by atoms with Gasteiger partial charge in [-0.3, -0.25) is 0 Å². The van der Waals surface area contributed by atoms with E-state index in [2.05, 4.69) is 10.3 Å². The van der Waals surface area contributed by atoms with Crippen LogP contribution in [0.3, 0.4) is 0 Å². The molecule has 0 radical (unpaired) electrons. The Morgan fingerprint density at radius 2 is 2.14 bits per heavy atom. The molecule has 2 aliphatic rings. The minimum absolute atomic E-state index is 0.132. The Hall–Kier alpha value is -0.980. The first-order valence-corrected chi connectivity index (χ1v) is 9.25. The highest BCUT2D eigenvalue weighted by atomic mass is 32.2. The molecule has 1 unspecified atom stereocenters. The van der Waals surface area contributed by atoms with Crippen molar-refractivity contribution in [3.8, 4) is 0 Å². The normalized spacial score (nSPS) is 23.6. The van der Waals surface area contributed by atoms with Gasteiger partial charge in [0.15, 0.2) is 5.03 Å². The van der Waals surface area contributed by atoms with E-state index in [1.807, 2.05) is 13.0 Å². The second-order valence-corrected chi connectivity index (χ2v) is 7.82. The summed E-state index contributed by atoms with van der Waals surface area (Å²) < 4.78 is 26.9. The lowest BCUT2D eigenvalue weighted by atomic mass is 10.2. The fourth-order valence-electron chi connectivity index (χ4n) is 2.87. The number of hydrogen-bond donors (Lipinski definition) is 1. The van der Waals surface area contributed by atoms with E-state index in [9.17, 15) is 8.42 Å². The molecule has 6 heteroatoms. The fraction of sp³-hybridized carbons (Fsp3) is 0.667. The van der Waals surface area contributed by atoms with Crippen molar-refractivity contribution in [2.75, 3.05) is 6.54 Å². The maximum absolute atomic E-state index is 12.6. The van der Waals surface area contributed by atoms with Gasteiger partial charge in [-0.05, 0) is 43.7 Å². The van der Waals surface area contributed by atoms with Gasteiger partial charge in [0.05, 0.1) is 0 Å². The summed E-state index contributed by atoms with van der Waals surface area (Å²) in [6.45, 7) is 3.42. The highest BCUT2D eigenvalue weighted by molar-refractivity contribution is 7.89. The molecular weight excluding hydrogens is 286 g/mol. The first kappa shape index (κ1) is 14.9. The number of nitrogens with one attached hydrogen (secondary N) is 1. The Morgan fingerprint density at radius 3 is 2.76 bits per heavy atom. The molecule has 1 aromatic rings. The van der Waals surface area contributed by atoms with Crippen molar-refractivity contribution >= 4 is 10.0 Å². The predicted octanol–water partition coefficient (Wildman–Crippen LogP) is 1.90. The standard InChI is InChI=1S/C15H23N3O2S/c1-2-14-4-3-9-18(14)21(19,20)15-8-5-12(11-17-15)10-16-13-6-7-13/h5,8,11,13-14,16H,2-4,6-7,9-10H2,1H3. The first-order valence-electron chi connectivity index (χ1n) is 7.81. The lowest BCUT2D eigenvalue weighted by Crippen LogP contribution is -2.35. The largest absolute Gasteiger partial charge is 0.310 e. The zero-order chi connectivity index (χ0) is 14.9. The fourth-order valence-corrected chi connectivity index (χ4v) is 4.55. The molecular formula is C15H23N3O2S. The molecule has 1 saturated carbocycles. The molecule has 1 aromatic heterocycles. The molecule has 1 saturated heterocycles. The van der Waals surface area contributed by atoms with Crippen LogP contribution in [0.2, 0.25) is 0 Å². The zero-order valence-corrected chi connectivity index (χ0v) is 13.3. The van der Waals surface area contributed by atoms with Crippen LogP contribution in [0.25, 0.3) is 0 Å². The monoisotopic (exact) mass is 309 g/mol. The number of hydrogen-bond acceptors (Lipinski definition) is 4. The van der Waals surface area contributed by atoms with Crippen molar-refractivity contribution in [1.29, 1.82) is 0 Å². The summed E-state index contributed by atoms with van der Waals surface area (Å²) >= 11 is 0. The van der Waals surface area contributed by atoms with Crippen molar-refractivity contribution < 1.29 is 8.42 Å². The Labute approximate surface area is 126 Å². The van der Waals surface area contributed by atoms with Gasteiger partial charge in [-0.25, -0.2) is 13.4 Å². The third-order valence-corrected chi connectivity index (χ3v) is 6.21. The summed E-state index contributed by atoms with van der Waals surface area (Å²) in [6, 6.07) is 4.28. The third kappa shape index (κ3) is 3.27. The average molecular weight is 309 g/mol. The van der Waals surface area contributed by atoms with Crippen LogP contribution in [-0.2, 0) is 16.6 Å². The lowest BCUT2D eigenvalue weighted by molar-refractivity contribution is 0.378. The molecule has 1 N–H and O–H groups in total. The highest BCUT2D eigenvalue weighted by Gasteiger charge is 2.34. The minimum atomic E-state index is -3.43. The maximum atomic E-state index is 12.6. The summed E-state index contributed by atoms with van der Waals surface area (Å²) in [6.07, 6.45) is 6.93. The van der Waals surface area contributed by atoms with Gasteiger partial charge in [-0.15, -0.1) is 0 Å². The van der Waals surface area contributed by atoms with E-state index >= 15 is 0 Å². The molecule has 2 heterocycles. The van der Waals surface area contributed by atoms with Crippen LogP contribution in [-0.4, -0.2) is 36.3 Å². The van der Waals surface area contributed by atoms with Gasteiger partial charge >= 0.3 is 0 Å². The maximum Gasteiger partial charge on any atom is 0.260 e. The summed E-state index contributed by atoms with van der Waals surface area (Å²) in [4.78, 5) is 4.19. The van der Waals surface area contributed by atoms with E-state index in [0.29, 0.717) is 12.6 Å². The van der Waals surface area contributed by atoms with Crippen molar-refractivity contribution in [1.82, 2.24) is 14.6 Å². The summed E-state index contributed by atoms with van der Waals surface area (Å²) in [5, 5.41) is 3.58. The topological polar surface area (TPSA) is 62.3 Å². The van der Waals surface area contributed by atoms with Gasteiger partial charge in [0, 0.05) is 31.4 Å². The van der Waals surface area contributed by atoms with E-state index in [1.54, 1.807) is 16.6 Å². The predicted molar refractivity (Wildman–Crippen MR) is 81.3 cm³/mol. The van der Waals surface area contributed by atoms with Gasteiger partial charge in [0.25, 0.3) is 10.0 Å². The third-order valence-electron chi connectivity index (χ3n) is 4.34. The number of pyridine rings is 1. The molecule has 1 atom stereocenters. The Balaban J connectivity index is 1.72. The van der Waals surface area contributed by atoms with E-state index in [4.69, 9.17) is 0 Å². The molecule has 0 amide bonds. The average Bonchev–Trinajstić information content (AvgIpc) is 3.19. The molecule has 0 spiro atoms. The van der Waals surface area contributed by atoms with E-state index < -0.39 is 10.0 Å². The summed E-state index contributed by atoms with van der Waals surface area (Å²) in [5.74, 6) is 0. The van der Waals surface area contributed by atoms with Crippen molar-refractivity contribution in [2.45, 2.75) is 62.7 Å². The molecule has 5 nitrogen and oxygen atoms in total. The Kier molecular flexibility index (Phi) is 4.28. The number of nitrogens with zero attached hydrogens (tertiary/aromatic N) is 2. The van der Waals surface area contributed by atoms with E-state index in [-0.39, 0.29) is 11.1 Å². The van der Waals surface area contributed by atoms with Crippen molar-refractivity contribution in [3.63, 3.8) is 0 Å². The number of aromatic nitrogens is 1. The van der Waals surface area contributed by atoms with Crippen LogP contribution in [0.1, 0.15) is 44.6 Å². The van der Waals surface area contributed by atoms with Crippen LogP contribution >= 0.6 is 0 Å². The van der Waals surface area contributed by atoms with Gasteiger partial charge in [0.1, 0.15) is 0 Å². The number of sulfonamides is 1. The molecule has 1 aliphatic heterocycles. The Bertz CT molecular complexity index is 581. The van der Waals surface area contributed by atoms with Crippen molar-refractivity contribution in [2.24, 2.45) is 0 Å². The second-order valence-electron chi connectivity index (χ2n) is 5.98. The SMILES string of the molecule is CCC1CCCN1S(=O)(=O)c1ccc(CNC2CC2)cn1. The lowest BCUT2D eigenvalue weighted by Gasteiger charge is -2.22. The molecule has 2 fully saturated rings. The molecule has 116 valence electrons. The quantitative estimate of drug-likeness (QED) is 0.872. The van der Waals surface area contributed by atoms with Gasteiger partial charge < -0.3 is 5.32 Å². The van der Waals surface area contributed by atoms with E-state index in [1.165, 1.54) is 12.8 Å². The Morgan fingerprint density at radius 1 is 1.33 bits per heavy atom. The highest BCUT2D eigenvalue weighted by Crippen LogP contribution is 2.27. The molecule has 0 bridgehead atoms. The van der Waals surface area contributed by atoms with Crippen LogP contribution in [0.4, 0.5) is 0 Å². The molecule has 3 rings (SSSR count).